The fourth-order valence-electron chi connectivity index (χ4n) is 7.95. The Kier molecular flexibility index (Phi) is 11.9. The fourth-order valence-corrected chi connectivity index (χ4v) is 7.95. The molecule has 4 N–H and O–H groups in total. The molecule has 15 heteroatoms. The smallest absolute Gasteiger partial charge is 0.407 e. The van der Waals surface area contributed by atoms with Crippen LogP contribution >= 0.6 is 0 Å². The van der Waals surface area contributed by atoms with E-state index in [1.165, 1.54) is 14.2 Å². The second-order valence-corrected chi connectivity index (χ2v) is 15.2. The number of nitrogens with one attached hydrogen (secondary N) is 3. The summed E-state index contributed by atoms with van der Waals surface area (Å²) in [5.41, 5.74) is 6.49. The average Bonchev–Trinajstić information content (AvgIpc) is 4.09. The van der Waals surface area contributed by atoms with Crippen LogP contribution in [0.2, 0.25) is 0 Å². The Labute approximate surface area is 336 Å². The third-order valence-electron chi connectivity index (χ3n) is 11.2. The van der Waals surface area contributed by atoms with Gasteiger partial charge < -0.3 is 34.9 Å². The summed E-state index contributed by atoms with van der Waals surface area (Å²) in [5.74, 6) is 0.881. The van der Waals surface area contributed by atoms with Crippen molar-refractivity contribution in [2.75, 3.05) is 27.2 Å². The van der Waals surface area contributed by atoms with Crippen molar-refractivity contribution in [2.24, 2.45) is 5.92 Å². The van der Waals surface area contributed by atoms with E-state index in [2.05, 4.69) is 54.5 Å². The zero-order valence-corrected chi connectivity index (χ0v) is 33.1. The molecule has 5 aromatic rings. The van der Waals surface area contributed by atoms with Crippen molar-refractivity contribution in [2.45, 2.75) is 70.1 Å². The summed E-state index contributed by atoms with van der Waals surface area (Å²) < 4.78 is 4.75. The van der Waals surface area contributed by atoms with E-state index in [1.54, 1.807) is 46.7 Å². The number of likely N-dealkylation sites (tertiary alicyclic amines) is 2. The van der Waals surface area contributed by atoms with Crippen LogP contribution in [0.1, 0.15) is 68.8 Å². The Bertz CT molecular complexity index is 2220. The maximum absolute atomic E-state index is 13.9. The molecule has 0 radical (unpaired) electrons. The molecule has 2 aliphatic heterocycles. The number of hydrogen-bond acceptors (Lipinski definition) is 8. The van der Waals surface area contributed by atoms with Crippen LogP contribution < -0.4 is 5.32 Å². The van der Waals surface area contributed by atoms with Crippen LogP contribution in [0, 0.1) is 5.92 Å². The molecule has 2 saturated heterocycles. The SMILES string of the molecule is COC(=O)N[C@H](C(=O)N1CCCC1c1ncc(-c2ccc(-c3ccc(-c4cnc([C@@H]5CCCN5C(=O)[C@H](Cc5ccncc5)N(C)C(=O)O)[nH]4)cc3)cc2)[nH]1)C(C)C. The highest BCUT2D eigenvalue weighted by molar-refractivity contribution is 5.87. The Balaban J connectivity index is 1.01. The maximum atomic E-state index is 13.9. The van der Waals surface area contributed by atoms with Crippen LogP contribution in [0.5, 0.6) is 0 Å². The number of pyridine rings is 1. The highest BCUT2D eigenvalue weighted by Crippen LogP contribution is 2.35. The number of amides is 4. The molecule has 5 heterocycles. The number of hydrogen-bond donors (Lipinski definition) is 4. The molecular weight excluding hydrogens is 739 g/mol. The lowest BCUT2D eigenvalue weighted by molar-refractivity contribution is -0.137. The summed E-state index contributed by atoms with van der Waals surface area (Å²) in [4.78, 5) is 76.3. The number of alkyl carbamates (subject to hydrolysis) is 1. The van der Waals surface area contributed by atoms with Crippen molar-refractivity contribution in [3.05, 3.63) is 103 Å². The predicted octanol–water partition coefficient (Wildman–Crippen LogP) is 6.46. The molecule has 0 saturated carbocycles. The first-order chi connectivity index (χ1) is 28.0. The first kappa shape index (κ1) is 39.7. The molecular formula is C43H49N9O6. The summed E-state index contributed by atoms with van der Waals surface area (Å²) in [6.07, 6.45) is 8.42. The summed E-state index contributed by atoms with van der Waals surface area (Å²) in [7, 11) is 2.72. The molecule has 2 aromatic carbocycles. The van der Waals surface area contributed by atoms with Crippen molar-refractivity contribution in [1.82, 2.24) is 44.9 Å². The third-order valence-corrected chi connectivity index (χ3v) is 11.2. The first-order valence-corrected chi connectivity index (χ1v) is 19.6. The van der Waals surface area contributed by atoms with E-state index in [4.69, 9.17) is 4.74 Å². The largest absolute Gasteiger partial charge is 0.465 e. The van der Waals surface area contributed by atoms with Gasteiger partial charge in [0.05, 0.1) is 43.0 Å². The number of rotatable bonds is 12. The minimum Gasteiger partial charge on any atom is -0.465 e. The predicted molar refractivity (Wildman–Crippen MR) is 216 cm³/mol. The molecule has 58 heavy (non-hydrogen) atoms. The second-order valence-electron chi connectivity index (χ2n) is 15.2. The highest BCUT2D eigenvalue weighted by atomic mass is 16.5. The maximum Gasteiger partial charge on any atom is 0.407 e. The van der Waals surface area contributed by atoms with Crippen LogP contribution in [0.15, 0.2) is 85.5 Å². The molecule has 2 fully saturated rings. The number of carboxylic acid groups (broad SMARTS) is 1. The van der Waals surface area contributed by atoms with Crippen molar-refractivity contribution in [3.63, 3.8) is 0 Å². The van der Waals surface area contributed by atoms with Gasteiger partial charge in [0.25, 0.3) is 0 Å². The minimum atomic E-state index is -1.16. The number of aromatic amines is 2. The van der Waals surface area contributed by atoms with Gasteiger partial charge in [-0.25, -0.2) is 19.6 Å². The zero-order chi connectivity index (χ0) is 40.9. The Morgan fingerprint density at radius 2 is 1.28 bits per heavy atom. The number of aromatic nitrogens is 5. The summed E-state index contributed by atoms with van der Waals surface area (Å²) in [6.45, 7) is 4.90. The lowest BCUT2D eigenvalue weighted by atomic mass is 10.0. The summed E-state index contributed by atoms with van der Waals surface area (Å²) in [6, 6.07) is 17.9. The van der Waals surface area contributed by atoms with Crippen molar-refractivity contribution < 1.29 is 29.0 Å². The number of carbonyl (C=O) groups is 4. The second kappa shape index (κ2) is 17.3. The molecule has 4 amide bonds. The zero-order valence-electron chi connectivity index (χ0n) is 33.1. The number of methoxy groups -OCH3 is 1. The van der Waals surface area contributed by atoms with Gasteiger partial charge in [0.2, 0.25) is 11.8 Å². The van der Waals surface area contributed by atoms with E-state index in [-0.39, 0.29) is 36.2 Å². The highest BCUT2D eigenvalue weighted by Gasteiger charge is 2.39. The minimum absolute atomic E-state index is 0.112. The molecule has 15 nitrogen and oxygen atoms in total. The number of nitrogens with zero attached hydrogens (tertiary/aromatic N) is 6. The molecule has 3 aromatic heterocycles. The topological polar surface area (TPSA) is 190 Å². The lowest BCUT2D eigenvalue weighted by Crippen LogP contribution is -2.51. The van der Waals surface area contributed by atoms with E-state index in [9.17, 15) is 24.3 Å². The number of likely N-dealkylation sites (N-methyl/N-ethyl adjacent to an activating group) is 1. The van der Waals surface area contributed by atoms with Crippen LogP contribution in [0.3, 0.4) is 0 Å². The van der Waals surface area contributed by atoms with Crippen LogP contribution in [-0.2, 0) is 20.7 Å². The number of ether oxygens (including phenoxy) is 1. The normalized spacial score (nSPS) is 17.6. The monoisotopic (exact) mass is 787 g/mol. The van der Waals surface area contributed by atoms with Gasteiger partial charge in [-0.2, -0.15) is 0 Å². The Hall–Kier alpha value is -6.51. The number of imidazole rings is 2. The molecule has 2 aliphatic rings. The van der Waals surface area contributed by atoms with Gasteiger partial charge in [-0.05, 0) is 71.6 Å². The quantitative estimate of drug-likeness (QED) is 0.110. The van der Waals surface area contributed by atoms with E-state index < -0.39 is 24.3 Å². The van der Waals surface area contributed by atoms with E-state index in [1.807, 2.05) is 38.1 Å². The molecule has 0 spiro atoms. The number of carbonyl (C=O) groups excluding carboxylic acids is 3. The first-order valence-electron chi connectivity index (χ1n) is 19.6. The molecule has 0 aliphatic carbocycles. The van der Waals surface area contributed by atoms with Gasteiger partial charge in [-0.15, -0.1) is 0 Å². The van der Waals surface area contributed by atoms with Gasteiger partial charge in [0.15, 0.2) is 0 Å². The summed E-state index contributed by atoms with van der Waals surface area (Å²) >= 11 is 0. The van der Waals surface area contributed by atoms with Gasteiger partial charge in [0, 0.05) is 39.0 Å². The van der Waals surface area contributed by atoms with Crippen LogP contribution in [-0.4, -0.2) is 108 Å². The van der Waals surface area contributed by atoms with Crippen molar-refractivity contribution in [1.29, 1.82) is 0 Å². The fraction of sp³-hybridized carbons (Fsp3) is 0.372. The Morgan fingerprint density at radius 3 is 1.74 bits per heavy atom. The number of benzene rings is 2. The Morgan fingerprint density at radius 1 is 0.793 bits per heavy atom. The van der Waals surface area contributed by atoms with E-state index in [0.29, 0.717) is 24.7 Å². The lowest BCUT2D eigenvalue weighted by Gasteiger charge is -2.31. The van der Waals surface area contributed by atoms with Gasteiger partial charge in [-0.3, -0.25) is 19.5 Å². The van der Waals surface area contributed by atoms with Crippen LogP contribution in [0.4, 0.5) is 9.59 Å². The summed E-state index contributed by atoms with van der Waals surface area (Å²) in [5, 5.41) is 12.5. The number of H-pyrrole nitrogens is 2. The average molecular weight is 788 g/mol. The van der Waals surface area contributed by atoms with E-state index >= 15 is 0 Å². The third kappa shape index (κ3) is 8.43. The van der Waals surface area contributed by atoms with Gasteiger partial charge in [0.1, 0.15) is 23.7 Å². The van der Waals surface area contributed by atoms with E-state index in [0.717, 1.165) is 69.8 Å². The molecule has 1 unspecified atom stereocenters. The van der Waals surface area contributed by atoms with Gasteiger partial charge in [-0.1, -0.05) is 62.4 Å². The van der Waals surface area contributed by atoms with Crippen molar-refractivity contribution in [3.8, 4) is 33.6 Å². The van der Waals surface area contributed by atoms with Crippen molar-refractivity contribution >= 4 is 24.0 Å². The van der Waals surface area contributed by atoms with Crippen LogP contribution in [0.25, 0.3) is 33.6 Å². The standard InChI is InChI=1S/C43H49N9O6/c1-26(2)37(49-42(55)58-4)41(54)52-22-6-8-35(52)39-46-25-33(48-39)31-15-11-29(12-16-31)28-9-13-30(14-10-28)32-24-45-38(47-32)34-7-5-21-51(34)40(53)36(50(3)43(56)57)23-27-17-19-44-20-18-27/h9-20,24-26,34-37H,5-8,21-23H2,1-4H3,(H,45,47)(H,46,48)(H,49,55)(H,56,57)/t34-,35?,36-,37-/m0/s1. The molecule has 0 bridgehead atoms. The van der Waals surface area contributed by atoms with Gasteiger partial charge >= 0.3 is 12.2 Å². The molecule has 302 valence electrons. The molecule has 7 rings (SSSR count). The molecule has 4 atom stereocenters.